The fraction of sp³-hybridized carbons (Fsp3) is 0.250. The quantitative estimate of drug-likeness (QED) is 0.795. The first kappa shape index (κ1) is 9.93. The molecule has 0 saturated carbocycles. The lowest BCUT2D eigenvalue weighted by atomic mass is 10.1. The average molecular weight is 203 g/mol. The number of nitrogens with zero attached hydrogens (tertiary/aromatic N) is 1. The first-order valence-electron chi connectivity index (χ1n) is 4.77. The van der Waals surface area contributed by atoms with E-state index in [1.807, 2.05) is 30.3 Å². The summed E-state index contributed by atoms with van der Waals surface area (Å²) >= 11 is 0. The molecule has 0 amide bonds. The zero-order chi connectivity index (χ0) is 10.9. The molecule has 1 heterocycles. The van der Waals surface area contributed by atoms with Gasteiger partial charge in [0.25, 0.3) is 0 Å². The van der Waals surface area contributed by atoms with E-state index in [9.17, 15) is 5.11 Å². The molecular formula is C12H13NO2. The minimum atomic E-state index is -1.24. The minimum absolute atomic E-state index is 0.473. The van der Waals surface area contributed by atoms with Gasteiger partial charge in [-0.25, -0.2) is 4.99 Å². The highest BCUT2D eigenvalue weighted by Crippen LogP contribution is 2.26. The molecular weight excluding hydrogens is 190 g/mol. The van der Waals surface area contributed by atoms with Crippen molar-refractivity contribution in [1.29, 1.82) is 0 Å². The van der Waals surface area contributed by atoms with Crippen LogP contribution in [-0.2, 0) is 4.74 Å². The number of ether oxygens (including phenoxy) is 1. The van der Waals surface area contributed by atoms with Gasteiger partial charge in [-0.1, -0.05) is 30.3 Å². The lowest BCUT2D eigenvalue weighted by Gasteiger charge is -2.15. The zero-order valence-electron chi connectivity index (χ0n) is 8.77. The van der Waals surface area contributed by atoms with E-state index in [2.05, 4.69) is 4.99 Å². The molecule has 1 aliphatic rings. The molecule has 0 bridgehead atoms. The molecule has 2 rings (SSSR count). The fourth-order valence-corrected chi connectivity index (χ4v) is 1.59. The van der Waals surface area contributed by atoms with Crippen molar-refractivity contribution in [3.63, 3.8) is 0 Å². The maximum Gasteiger partial charge on any atom is 0.212 e. The molecule has 3 nitrogen and oxygen atoms in total. The van der Waals surface area contributed by atoms with Crippen LogP contribution < -0.4 is 0 Å². The van der Waals surface area contributed by atoms with Crippen molar-refractivity contribution in [2.24, 2.45) is 4.99 Å². The van der Waals surface area contributed by atoms with E-state index in [1.165, 1.54) is 7.11 Å². The zero-order valence-corrected chi connectivity index (χ0v) is 8.77. The van der Waals surface area contributed by atoms with Crippen LogP contribution in [0, 0.1) is 0 Å². The standard InChI is InChI=1S/C12H13NO2/c1-12(14)11(15-2)8-10(13-12)9-6-4-3-5-7-9/h3-8,14H,1-2H3. The van der Waals surface area contributed by atoms with Gasteiger partial charge < -0.3 is 9.84 Å². The second-order valence-electron chi connectivity index (χ2n) is 3.60. The highest BCUT2D eigenvalue weighted by atomic mass is 16.5. The molecule has 1 aliphatic heterocycles. The van der Waals surface area contributed by atoms with Crippen LogP contribution >= 0.6 is 0 Å². The van der Waals surface area contributed by atoms with Crippen LogP contribution in [0.4, 0.5) is 0 Å². The third kappa shape index (κ3) is 1.78. The molecule has 78 valence electrons. The van der Waals surface area contributed by atoms with Crippen molar-refractivity contribution < 1.29 is 9.84 Å². The van der Waals surface area contributed by atoms with Gasteiger partial charge in [0.05, 0.1) is 12.8 Å². The van der Waals surface area contributed by atoms with Crippen LogP contribution in [0.5, 0.6) is 0 Å². The largest absolute Gasteiger partial charge is 0.496 e. The molecule has 0 radical (unpaired) electrons. The number of rotatable bonds is 2. The third-order valence-electron chi connectivity index (χ3n) is 2.36. The Bertz CT molecular complexity index is 419. The number of methoxy groups -OCH3 is 1. The Balaban J connectivity index is 2.39. The number of hydrogen-bond acceptors (Lipinski definition) is 3. The lowest BCUT2D eigenvalue weighted by Crippen LogP contribution is -2.22. The Morgan fingerprint density at radius 1 is 1.27 bits per heavy atom. The molecule has 1 aromatic carbocycles. The summed E-state index contributed by atoms with van der Waals surface area (Å²) in [5, 5.41) is 9.91. The minimum Gasteiger partial charge on any atom is -0.496 e. The Labute approximate surface area is 88.7 Å². The van der Waals surface area contributed by atoms with Gasteiger partial charge in [-0.15, -0.1) is 0 Å². The highest BCUT2D eigenvalue weighted by Gasteiger charge is 2.32. The monoisotopic (exact) mass is 203 g/mol. The predicted molar refractivity (Wildman–Crippen MR) is 58.7 cm³/mol. The summed E-state index contributed by atoms with van der Waals surface area (Å²) in [7, 11) is 1.53. The fourth-order valence-electron chi connectivity index (χ4n) is 1.59. The van der Waals surface area contributed by atoms with Crippen molar-refractivity contribution in [2.45, 2.75) is 12.6 Å². The highest BCUT2D eigenvalue weighted by molar-refractivity contribution is 6.10. The molecule has 0 spiro atoms. The van der Waals surface area contributed by atoms with Crippen molar-refractivity contribution in [3.05, 3.63) is 47.7 Å². The SMILES string of the molecule is COC1=CC(c2ccccc2)=NC1(C)O. The van der Waals surface area contributed by atoms with Crippen molar-refractivity contribution in [2.75, 3.05) is 7.11 Å². The van der Waals surface area contributed by atoms with Gasteiger partial charge in [-0.2, -0.15) is 0 Å². The van der Waals surface area contributed by atoms with Crippen LogP contribution in [0.15, 0.2) is 47.2 Å². The van der Waals surface area contributed by atoms with Gasteiger partial charge in [0.1, 0.15) is 0 Å². The smallest absolute Gasteiger partial charge is 0.212 e. The van der Waals surface area contributed by atoms with E-state index in [4.69, 9.17) is 4.74 Å². The van der Waals surface area contributed by atoms with E-state index < -0.39 is 5.72 Å². The molecule has 0 aromatic heterocycles. The summed E-state index contributed by atoms with van der Waals surface area (Å²) in [4.78, 5) is 4.20. The molecule has 1 unspecified atom stereocenters. The Morgan fingerprint density at radius 3 is 2.47 bits per heavy atom. The van der Waals surface area contributed by atoms with E-state index in [0.717, 1.165) is 11.3 Å². The first-order chi connectivity index (χ1) is 7.13. The first-order valence-corrected chi connectivity index (χ1v) is 4.77. The van der Waals surface area contributed by atoms with E-state index >= 15 is 0 Å². The predicted octanol–water partition coefficient (Wildman–Crippen LogP) is 1.73. The van der Waals surface area contributed by atoms with Gasteiger partial charge in [0, 0.05) is 6.08 Å². The summed E-state index contributed by atoms with van der Waals surface area (Å²) in [6, 6.07) is 9.71. The summed E-state index contributed by atoms with van der Waals surface area (Å²) < 4.78 is 5.07. The summed E-state index contributed by atoms with van der Waals surface area (Å²) in [6.45, 7) is 1.61. The van der Waals surface area contributed by atoms with Gasteiger partial charge in [-0.05, 0) is 12.5 Å². The Morgan fingerprint density at radius 2 is 1.93 bits per heavy atom. The van der Waals surface area contributed by atoms with Gasteiger partial charge >= 0.3 is 0 Å². The lowest BCUT2D eigenvalue weighted by molar-refractivity contribution is 0.0512. The molecule has 0 aliphatic carbocycles. The van der Waals surface area contributed by atoms with Crippen LogP contribution in [0.25, 0.3) is 0 Å². The maximum absolute atomic E-state index is 9.91. The van der Waals surface area contributed by atoms with Crippen LogP contribution in [0.3, 0.4) is 0 Å². The topological polar surface area (TPSA) is 41.8 Å². The summed E-state index contributed by atoms with van der Waals surface area (Å²) in [6.07, 6.45) is 1.76. The average Bonchev–Trinajstić information content (AvgIpc) is 2.55. The molecule has 1 aromatic rings. The number of aliphatic imine (C=N–C) groups is 1. The molecule has 1 N–H and O–H groups in total. The maximum atomic E-state index is 9.91. The van der Waals surface area contributed by atoms with E-state index in [-0.39, 0.29) is 0 Å². The Hall–Kier alpha value is -1.61. The van der Waals surface area contributed by atoms with Crippen molar-refractivity contribution in [3.8, 4) is 0 Å². The second-order valence-corrected chi connectivity index (χ2v) is 3.60. The number of allylic oxidation sites excluding steroid dienone is 1. The second kappa shape index (κ2) is 3.51. The summed E-state index contributed by atoms with van der Waals surface area (Å²) in [5.74, 6) is 0.473. The number of benzene rings is 1. The number of aliphatic hydroxyl groups is 1. The van der Waals surface area contributed by atoms with Crippen LogP contribution in [0.1, 0.15) is 12.5 Å². The third-order valence-corrected chi connectivity index (χ3v) is 2.36. The van der Waals surface area contributed by atoms with Crippen LogP contribution in [0.2, 0.25) is 0 Å². The molecule has 15 heavy (non-hydrogen) atoms. The van der Waals surface area contributed by atoms with Gasteiger partial charge in [0.15, 0.2) is 5.76 Å². The number of hydrogen-bond donors (Lipinski definition) is 1. The van der Waals surface area contributed by atoms with Crippen LogP contribution in [-0.4, -0.2) is 23.7 Å². The molecule has 1 atom stereocenters. The van der Waals surface area contributed by atoms with Crippen molar-refractivity contribution in [1.82, 2.24) is 0 Å². The van der Waals surface area contributed by atoms with E-state index in [0.29, 0.717) is 5.76 Å². The van der Waals surface area contributed by atoms with Gasteiger partial charge in [0.2, 0.25) is 5.72 Å². The molecule has 0 fully saturated rings. The summed E-state index contributed by atoms with van der Waals surface area (Å²) in [5.41, 5.74) is 0.488. The molecule has 0 saturated heterocycles. The van der Waals surface area contributed by atoms with Gasteiger partial charge in [-0.3, -0.25) is 0 Å². The molecule has 3 heteroatoms. The van der Waals surface area contributed by atoms with E-state index in [1.54, 1.807) is 13.0 Å². The normalized spacial score (nSPS) is 24.7. The Kier molecular flexibility index (Phi) is 2.32. The van der Waals surface area contributed by atoms with Crippen molar-refractivity contribution >= 4 is 5.71 Å².